The van der Waals surface area contributed by atoms with E-state index in [9.17, 15) is 18.0 Å². The first-order chi connectivity index (χ1) is 7.44. The van der Waals surface area contributed by atoms with Crippen LogP contribution in [0.4, 0.5) is 13.2 Å². The Morgan fingerprint density at radius 1 is 1.50 bits per heavy atom. The van der Waals surface area contributed by atoms with Gasteiger partial charge < -0.3 is 10.1 Å². The molecule has 1 N–H and O–H groups in total. The molecule has 0 radical (unpaired) electrons. The second-order valence-electron chi connectivity index (χ2n) is 4.01. The molecule has 0 aromatic carbocycles. The molecule has 1 rings (SSSR count). The zero-order chi connectivity index (χ0) is 12.2. The topological polar surface area (TPSA) is 38.3 Å². The molecule has 0 aliphatic heterocycles. The van der Waals surface area contributed by atoms with Crippen molar-refractivity contribution >= 4 is 5.97 Å². The molecule has 0 bridgehead atoms. The van der Waals surface area contributed by atoms with Crippen LogP contribution in [-0.4, -0.2) is 31.8 Å². The molecule has 0 aromatic heterocycles. The summed E-state index contributed by atoms with van der Waals surface area (Å²) in [5.41, 5.74) is 0. The summed E-state index contributed by atoms with van der Waals surface area (Å²) >= 11 is 0. The Hall–Kier alpha value is -0.780. The lowest BCUT2D eigenvalue weighted by atomic mass is 10.2. The average Bonchev–Trinajstić information content (AvgIpc) is 2.99. The molecule has 0 amide bonds. The Kier molecular flexibility index (Phi) is 4.58. The minimum Gasteiger partial charge on any atom is -0.468 e. The molecule has 1 aliphatic rings. The lowest BCUT2D eigenvalue weighted by molar-refractivity contribution is -0.143. The Balaban J connectivity index is 2.20. The maximum Gasteiger partial charge on any atom is 0.389 e. The van der Waals surface area contributed by atoms with E-state index in [1.807, 2.05) is 0 Å². The first-order valence-corrected chi connectivity index (χ1v) is 5.32. The van der Waals surface area contributed by atoms with E-state index >= 15 is 0 Å². The van der Waals surface area contributed by atoms with Crippen molar-refractivity contribution in [2.75, 3.05) is 13.7 Å². The van der Waals surface area contributed by atoms with E-state index in [1.54, 1.807) is 0 Å². The monoisotopic (exact) mass is 239 g/mol. The number of alkyl halides is 3. The van der Waals surface area contributed by atoms with Crippen LogP contribution in [-0.2, 0) is 9.53 Å². The normalized spacial score (nSPS) is 18.2. The summed E-state index contributed by atoms with van der Waals surface area (Å²) in [7, 11) is 1.29. The van der Waals surface area contributed by atoms with Crippen LogP contribution in [0.25, 0.3) is 0 Å². The summed E-state index contributed by atoms with van der Waals surface area (Å²) in [6, 6.07) is -0.432. The Morgan fingerprint density at radius 2 is 2.12 bits per heavy atom. The number of rotatable bonds is 6. The van der Waals surface area contributed by atoms with Gasteiger partial charge in [-0.1, -0.05) is 0 Å². The maximum absolute atomic E-state index is 11.9. The third-order valence-electron chi connectivity index (χ3n) is 2.55. The van der Waals surface area contributed by atoms with Crippen LogP contribution >= 0.6 is 0 Å². The molecule has 1 saturated carbocycles. The minimum atomic E-state index is -4.12. The first kappa shape index (κ1) is 13.3. The van der Waals surface area contributed by atoms with Crippen LogP contribution in [0.1, 0.15) is 25.7 Å². The summed E-state index contributed by atoms with van der Waals surface area (Å²) in [4.78, 5) is 11.3. The van der Waals surface area contributed by atoms with Gasteiger partial charge in [0.1, 0.15) is 6.04 Å². The van der Waals surface area contributed by atoms with E-state index in [2.05, 4.69) is 10.1 Å². The minimum absolute atomic E-state index is 0.0102. The molecule has 0 saturated heterocycles. The predicted octanol–water partition coefficient (Wildman–Crippen LogP) is 1.87. The van der Waals surface area contributed by atoms with Gasteiger partial charge in [0.25, 0.3) is 0 Å². The Labute approximate surface area is 92.3 Å². The van der Waals surface area contributed by atoms with Gasteiger partial charge in [0.05, 0.1) is 7.11 Å². The van der Waals surface area contributed by atoms with Gasteiger partial charge in [0.2, 0.25) is 0 Å². The fourth-order valence-electron chi connectivity index (χ4n) is 1.55. The highest BCUT2D eigenvalue weighted by molar-refractivity contribution is 5.76. The zero-order valence-electron chi connectivity index (χ0n) is 9.14. The predicted molar refractivity (Wildman–Crippen MR) is 51.8 cm³/mol. The third-order valence-corrected chi connectivity index (χ3v) is 2.55. The maximum atomic E-state index is 11.9. The number of esters is 1. The van der Waals surface area contributed by atoms with E-state index < -0.39 is 18.6 Å². The van der Waals surface area contributed by atoms with Crippen LogP contribution < -0.4 is 5.32 Å². The highest BCUT2D eigenvalue weighted by Crippen LogP contribution is 2.33. The molecule has 6 heteroatoms. The first-order valence-electron chi connectivity index (χ1n) is 5.32. The number of methoxy groups -OCH3 is 1. The molecule has 1 aliphatic carbocycles. The number of hydrogen-bond donors (Lipinski definition) is 1. The Morgan fingerprint density at radius 3 is 2.56 bits per heavy atom. The van der Waals surface area contributed by atoms with Crippen molar-refractivity contribution in [3.05, 3.63) is 0 Å². The van der Waals surface area contributed by atoms with Gasteiger partial charge in [-0.25, -0.2) is 0 Å². The van der Waals surface area contributed by atoms with Gasteiger partial charge in [-0.05, 0) is 31.7 Å². The number of ether oxygens (including phenoxy) is 1. The highest BCUT2D eigenvalue weighted by Gasteiger charge is 2.36. The zero-order valence-corrected chi connectivity index (χ0v) is 9.14. The number of carbonyl (C=O) groups excluding carboxylic acids is 1. The van der Waals surface area contributed by atoms with Gasteiger partial charge >= 0.3 is 12.1 Å². The number of nitrogens with one attached hydrogen (secondary N) is 1. The summed E-state index contributed by atoms with van der Waals surface area (Å²) < 4.78 is 40.2. The SMILES string of the molecule is COC(=O)C(NCCCC(F)(F)F)C1CC1. The van der Waals surface area contributed by atoms with Gasteiger partial charge in [0, 0.05) is 6.42 Å². The van der Waals surface area contributed by atoms with Gasteiger partial charge in [-0.3, -0.25) is 4.79 Å². The summed E-state index contributed by atoms with van der Waals surface area (Å²) in [5.74, 6) is -0.146. The van der Waals surface area contributed by atoms with Crippen molar-refractivity contribution in [2.24, 2.45) is 5.92 Å². The highest BCUT2D eigenvalue weighted by atomic mass is 19.4. The van der Waals surface area contributed by atoms with Crippen LogP contribution in [0.2, 0.25) is 0 Å². The molecule has 1 unspecified atom stereocenters. The standard InChI is InChI=1S/C10H16F3NO2/c1-16-9(15)8(7-3-4-7)14-6-2-5-10(11,12)13/h7-8,14H,2-6H2,1H3. The fourth-order valence-corrected chi connectivity index (χ4v) is 1.55. The van der Waals surface area contributed by atoms with Crippen LogP contribution in [0, 0.1) is 5.92 Å². The molecule has 94 valence electrons. The summed E-state index contributed by atoms with van der Waals surface area (Å²) in [6.07, 6.45) is -3.08. The van der Waals surface area contributed by atoms with Crippen molar-refractivity contribution in [2.45, 2.75) is 37.9 Å². The lowest BCUT2D eigenvalue weighted by Gasteiger charge is -2.15. The average molecular weight is 239 g/mol. The molecule has 1 fully saturated rings. The smallest absolute Gasteiger partial charge is 0.389 e. The second-order valence-corrected chi connectivity index (χ2v) is 4.01. The van der Waals surface area contributed by atoms with Gasteiger partial charge in [-0.15, -0.1) is 0 Å². The number of halogens is 3. The molecular weight excluding hydrogens is 223 g/mol. The quantitative estimate of drug-likeness (QED) is 0.568. The molecule has 0 heterocycles. The number of hydrogen-bond acceptors (Lipinski definition) is 3. The third kappa shape index (κ3) is 4.83. The van der Waals surface area contributed by atoms with E-state index in [0.717, 1.165) is 12.8 Å². The van der Waals surface area contributed by atoms with E-state index in [4.69, 9.17) is 0 Å². The molecule has 0 spiro atoms. The van der Waals surface area contributed by atoms with E-state index in [1.165, 1.54) is 7.11 Å². The molecule has 3 nitrogen and oxygen atoms in total. The molecule has 16 heavy (non-hydrogen) atoms. The summed E-state index contributed by atoms with van der Waals surface area (Å²) in [6.45, 7) is 0.190. The van der Waals surface area contributed by atoms with Gasteiger partial charge in [-0.2, -0.15) is 13.2 Å². The van der Waals surface area contributed by atoms with Crippen molar-refractivity contribution in [1.29, 1.82) is 0 Å². The number of carbonyl (C=O) groups is 1. The fraction of sp³-hybridized carbons (Fsp3) is 0.900. The van der Waals surface area contributed by atoms with Crippen molar-refractivity contribution in [1.82, 2.24) is 5.32 Å². The van der Waals surface area contributed by atoms with Crippen LogP contribution in [0.5, 0.6) is 0 Å². The van der Waals surface area contributed by atoms with Crippen LogP contribution in [0.3, 0.4) is 0 Å². The largest absolute Gasteiger partial charge is 0.468 e. The van der Waals surface area contributed by atoms with Crippen molar-refractivity contribution in [3.63, 3.8) is 0 Å². The van der Waals surface area contributed by atoms with E-state index in [-0.39, 0.29) is 24.9 Å². The van der Waals surface area contributed by atoms with Crippen LogP contribution in [0.15, 0.2) is 0 Å². The van der Waals surface area contributed by atoms with Crippen molar-refractivity contribution < 1.29 is 22.7 Å². The Bertz CT molecular complexity index is 239. The summed E-state index contributed by atoms with van der Waals surface area (Å²) in [5, 5.41) is 2.83. The lowest BCUT2D eigenvalue weighted by Crippen LogP contribution is -2.40. The second kappa shape index (κ2) is 5.52. The van der Waals surface area contributed by atoms with Crippen molar-refractivity contribution in [3.8, 4) is 0 Å². The van der Waals surface area contributed by atoms with Gasteiger partial charge in [0.15, 0.2) is 0 Å². The van der Waals surface area contributed by atoms with E-state index in [0.29, 0.717) is 0 Å². The molecule has 1 atom stereocenters. The molecular formula is C10H16F3NO2. The molecule has 0 aromatic rings.